The highest BCUT2D eigenvalue weighted by molar-refractivity contribution is 7.17. The molecule has 8 nitrogen and oxygen atoms in total. The standard InChI is InChI=1S/C24H23N3O5S/c1-2-14(11-21(28)29)26-22(30)20-12-25-23(33-20)27-24(31)32-13-19-17-9-5-3-7-15(17)16-8-4-6-10-18(16)19/h3-10,12,14,19H,2,11,13H2,1H3,(H,26,30)(H,28,29)(H,25,27,31)/t14-/m1/s1. The molecule has 1 atom stereocenters. The number of fused-ring (bicyclic) bond motifs is 3. The van der Waals surface area contributed by atoms with E-state index in [0.29, 0.717) is 6.42 Å². The third kappa shape index (κ3) is 5.04. The summed E-state index contributed by atoms with van der Waals surface area (Å²) < 4.78 is 5.49. The molecule has 0 radical (unpaired) electrons. The fourth-order valence-corrected chi connectivity index (χ4v) is 4.63. The first-order valence-corrected chi connectivity index (χ1v) is 11.4. The Morgan fingerprint density at radius 3 is 2.33 bits per heavy atom. The van der Waals surface area contributed by atoms with Gasteiger partial charge in [-0.3, -0.25) is 14.9 Å². The van der Waals surface area contributed by atoms with E-state index in [0.717, 1.165) is 33.6 Å². The minimum absolute atomic E-state index is 0.0546. The lowest BCUT2D eigenvalue weighted by atomic mass is 9.98. The van der Waals surface area contributed by atoms with Gasteiger partial charge in [0.05, 0.1) is 12.6 Å². The average Bonchev–Trinajstić information content (AvgIpc) is 3.39. The first-order chi connectivity index (χ1) is 16.0. The number of nitrogens with zero attached hydrogens (tertiary/aromatic N) is 1. The zero-order valence-corrected chi connectivity index (χ0v) is 18.7. The van der Waals surface area contributed by atoms with Crippen LogP contribution in [0.15, 0.2) is 54.7 Å². The number of carbonyl (C=O) groups is 3. The molecule has 3 N–H and O–H groups in total. The van der Waals surface area contributed by atoms with Crippen molar-refractivity contribution in [2.75, 3.05) is 11.9 Å². The molecule has 1 heterocycles. The molecule has 2 amide bonds. The van der Waals surface area contributed by atoms with Crippen molar-refractivity contribution < 1.29 is 24.2 Å². The van der Waals surface area contributed by atoms with Crippen LogP contribution in [0.2, 0.25) is 0 Å². The highest BCUT2D eigenvalue weighted by Gasteiger charge is 2.29. The SMILES string of the molecule is CC[C@H](CC(=O)O)NC(=O)c1cnc(NC(=O)OCC2c3ccccc3-c3ccccc32)s1. The largest absolute Gasteiger partial charge is 0.481 e. The van der Waals surface area contributed by atoms with Crippen molar-refractivity contribution in [2.45, 2.75) is 31.7 Å². The molecule has 0 aliphatic heterocycles. The zero-order chi connectivity index (χ0) is 23.4. The lowest BCUT2D eigenvalue weighted by Gasteiger charge is -2.14. The summed E-state index contributed by atoms with van der Waals surface area (Å²) in [6, 6.07) is 15.7. The maximum Gasteiger partial charge on any atom is 0.413 e. The summed E-state index contributed by atoms with van der Waals surface area (Å²) in [6.07, 6.45) is 1.01. The van der Waals surface area contributed by atoms with Gasteiger partial charge >= 0.3 is 12.1 Å². The van der Waals surface area contributed by atoms with E-state index in [1.165, 1.54) is 6.20 Å². The molecule has 1 aliphatic rings. The third-order valence-electron chi connectivity index (χ3n) is 5.53. The maximum atomic E-state index is 12.4. The zero-order valence-electron chi connectivity index (χ0n) is 17.9. The van der Waals surface area contributed by atoms with Crippen LogP contribution in [0.1, 0.15) is 46.5 Å². The van der Waals surface area contributed by atoms with E-state index in [4.69, 9.17) is 9.84 Å². The van der Waals surface area contributed by atoms with Gasteiger partial charge < -0.3 is 15.2 Å². The molecule has 0 unspecified atom stereocenters. The van der Waals surface area contributed by atoms with Crippen LogP contribution in [0.3, 0.4) is 0 Å². The summed E-state index contributed by atoms with van der Waals surface area (Å²) in [5.74, 6) is -1.47. The number of ether oxygens (including phenoxy) is 1. The Labute approximate surface area is 194 Å². The third-order valence-corrected chi connectivity index (χ3v) is 6.44. The second-order valence-electron chi connectivity index (χ2n) is 7.66. The maximum absolute atomic E-state index is 12.4. The number of rotatable bonds is 8. The van der Waals surface area contributed by atoms with Gasteiger partial charge in [-0.05, 0) is 28.7 Å². The van der Waals surface area contributed by atoms with E-state index < -0.39 is 24.0 Å². The molecule has 3 aromatic rings. The van der Waals surface area contributed by atoms with Gasteiger partial charge in [0, 0.05) is 12.0 Å². The van der Waals surface area contributed by atoms with Gasteiger partial charge in [0.25, 0.3) is 5.91 Å². The predicted molar refractivity (Wildman–Crippen MR) is 125 cm³/mol. The van der Waals surface area contributed by atoms with Gasteiger partial charge in [-0.15, -0.1) is 0 Å². The Kier molecular flexibility index (Phi) is 6.69. The van der Waals surface area contributed by atoms with Gasteiger partial charge in [-0.1, -0.05) is 66.8 Å². The number of hydrogen-bond acceptors (Lipinski definition) is 6. The van der Waals surface area contributed by atoms with Crippen molar-refractivity contribution in [1.82, 2.24) is 10.3 Å². The number of benzene rings is 2. The molecule has 2 aromatic carbocycles. The van der Waals surface area contributed by atoms with Gasteiger partial charge in [-0.25, -0.2) is 9.78 Å². The summed E-state index contributed by atoms with van der Waals surface area (Å²) in [4.78, 5) is 39.9. The number of carboxylic acids is 1. The number of carboxylic acid groups (broad SMARTS) is 1. The predicted octanol–water partition coefficient (Wildman–Crippen LogP) is 4.49. The first kappa shape index (κ1) is 22.5. The molecule has 0 spiro atoms. The van der Waals surface area contributed by atoms with Crippen LogP contribution in [0.4, 0.5) is 9.93 Å². The normalized spacial score (nSPS) is 13.0. The van der Waals surface area contributed by atoms with Crippen molar-refractivity contribution in [3.8, 4) is 11.1 Å². The summed E-state index contributed by atoms with van der Waals surface area (Å²) in [7, 11) is 0. The van der Waals surface area contributed by atoms with Crippen molar-refractivity contribution in [1.29, 1.82) is 0 Å². The minimum atomic E-state index is -0.982. The summed E-state index contributed by atoms with van der Waals surface area (Å²) in [5.41, 5.74) is 4.52. The second-order valence-corrected chi connectivity index (χ2v) is 8.69. The molecule has 0 bridgehead atoms. The number of aliphatic carboxylic acids is 1. The number of amides is 2. The van der Waals surface area contributed by atoms with Crippen LogP contribution in [-0.2, 0) is 9.53 Å². The fourth-order valence-electron chi connectivity index (χ4n) is 3.92. The molecule has 0 saturated heterocycles. The number of aromatic nitrogens is 1. The average molecular weight is 466 g/mol. The van der Waals surface area contributed by atoms with E-state index in [1.807, 2.05) is 36.4 Å². The smallest absolute Gasteiger partial charge is 0.413 e. The number of nitrogens with one attached hydrogen (secondary N) is 2. The van der Waals surface area contributed by atoms with Gasteiger partial charge in [0.2, 0.25) is 0 Å². The van der Waals surface area contributed by atoms with Crippen LogP contribution in [0.5, 0.6) is 0 Å². The second kappa shape index (κ2) is 9.83. The number of thiazole rings is 1. The Hall–Kier alpha value is -3.72. The Balaban J connectivity index is 1.35. The molecular formula is C24H23N3O5S. The van der Waals surface area contributed by atoms with Crippen molar-refractivity contribution >= 4 is 34.4 Å². The lowest BCUT2D eigenvalue weighted by Crippen LogP contribution is -2.35. The molecule has 33 heavy (non-hydrogen) atoms. The Morgan fingerprint density at radius 2 is 1.73 bits per heavy atom. The molecular weight excluding hydrogens is 442 g/mol. The van der Waals surface area contributed by atoms with E-state index in [1.54, 1.807) is 6.92 Å². The number of carbonyl (C=O) groups excluding carboxylic acids is 2. The Bertz CT molecular complexity index is 1150. The van der Waals surface area contributed by atoms with Crippen molar-refractivity contribution in [3.05, 3.63) is 70.7 Å². The monoisotopic (exact) mass is 465 g/mol. The van der Waals surface area contributed by atoms with Gasteiger partial charge in [0.15, 0.2) is 5.13 Å². The molecule has 9 heteroatoms. The molecule has 1 aromatic heterocycles. The van der Waals surface area contributed by atoms with Crippen molar-refractivity contribution in [2.24, 2.45) is 0 Å². The van der Waals surface area contributed by atoms with Crippen molar-refractivity contribution in [3.63, 3.8) is 0 Å². The lowest BCUT2D eigenvalue weighted by molar-refractivity contribution is -0.137. The van der Waals surface area contributed by atoms with Crippen LogP contribution < -0.4 is 10.6 Å². The van der Waals surface area contributed by atoms with Gasteiger partial charge in [0.1, 0.15) is 11.5 Å². The molecule has 0 fully saturated rings. The molecule has 4 rings (SSSR count). The molecule has 1 aliphatic carbocycles. The summed E-state index contributed by atoms with van der Waals surface area (Å²) in [5, 5.41) is 14.4. The van der Waals surface area contributed by atoms with Gasteiger partial charge in [-0.2, -0.15) is 0 Å². The summed E-state index contributed by atoms with van der Waals surface area (Å²) >= 11 is 0.993. The highest BCUT2D eigenvalue weighted by atomic mass is 32.1. The Morgan fingerprint density at radius 1 is 1.09 bits per heavy atom. The quantitative estimate of drug-likeness (QED) is 0.451. The summed E-state index contributed by atoms with van der Waals surface area (Å²) in [6.45, 7) is 1.97. The van der Waals surface area contributed by atoms with E-state index in [9.17, 15) is 14.4 Å². The van der Waals surface area contributed by atoms with Crippen LogP contribution in [-0.4, -0.2) is 40.7 Å². The van der Waals surface area contributed by atoms with Crippen LogP contribution >= 0.6 is 11.3 Å². The van der Waals surface area contributed by atoms with E-state index in [2.05, 4.69) is 27.8 Å². The van der Waals surface area contributed by atoms with Crippen LogP contribution in [0, 0.1) is 0 Å². The first-order valence-electron chi connectivity index (χ1n) is 10.6. The minimum Gasteiger partial charge on any atom is -0.481 e. The fraction of sp³-hybridized carbons (Fsp3) is 0.250. The molecule has 170 valence electrons. The number of hydrogen-bond donors (Lipinski definition) is 3. The molecule has 0 saturated carbocycles. The topological polar surface area (TPSA) is 118 Å². The number of anilines is 1. The van der Waals surface area contributed by atoms with E-state index >= 15 is 0 Å². The highest BCUT2D eigenvalue weighted by Crippen LogP contribution is 2.44. The van der Waals surface area contributed by atoms with Crippen LogP contribution in [0.25, 0.3) is 11.1 Å². The van der Waals surface area contributed by atoms with E-state index in [-0.39, 0.29) is 29.0 Å².